The van der Waals surface area contributed by atoms with Crippen molar-refractivity contribution in [1.82, 2.24) is 0 Å². The van der Waals surface area contributed by atoms with Crippen LogP contribution in [-0.2, 0) is 22.4 Å². The summed E-state index contributed by atoms with van der Waals surface area (Å²) in [4.78, 5) is 27.1. The maximum atomic E-state index is 13.6. The summed E-state index contributed by atoms with van der Waals surface area (Å²) in [6.45, 7) is 14.5. The third kappa shape index (κ3) is 7.08. The SMILES string of the molecule is C=CC1=CCC=CC=C1/C(=C\C)CC1=CCC=CC(C(=C)C(=O)C2=CC=CC(Cc3ccc(CC)c(C)c3)C2=O)=C1. The fraction of sp³-hybridized carbons (Fsp3) is 0.231. The molecule has 1 atom stereocenters. The Balaban J connectivity index is 1.51. The lowest BCUT2D eigenvalue weighted by molar-refractivity contribution is -0.121. The molecule has 0 saturated carbocycles. The van der Waals surface area contributed by atoms with Crippen molar-refractivity contribution in [2.45, 2.75) is 52.9 Å². The van der Waals surface area contributed by atoms with E-state index in [1.165, 1.54) is 16.7 Å². The van der Waals surface area contributed by atoms with E-state index in [0.717, 1.165) is 53.5 Å². The van der Waals surface area contributed by atoms with Crippen LogP contribution in [0.5, 0.6) is 0 Å². The Morgan fingerprint density at radius 1 is 1.07 bits per heavy atom. The first kappa shape index (κ1) is 29.7. The Labute approximate surface area is 245 Å². The highest BCUT2D eigenvalue weighted by atomic mass is 16.1. The van der Waals surface area contributed by atoms with Gasteiger partial charge in [-0.3, -0.25) is 9.59 Å². The summed E-state index contributed by atoms with van der Waals surface area (Å²) < 4.78 is 0. The number of allylic oxidation sites excluding steroid dienone is 20. The summed E-state index contributed by atoms with van der Waals surface area (Å²) in [6, 6.07) is 6.38. The average molecular weight is 541 g/mol. The molecule has 0 aromatic heterocycles. The van der Waals surface area contributed by atoms with Crippen molar-refractivity contribution in [3.8, 4) is 0 Å². The van der Waals surface area contributed by atoms with Crippen molar-refractivity contribution in [3.63, 3.8) is 0 Å². The van der Waals surface area contributed by atoms with Crippen molar-refractivity contribution in [1.29, 1.82) is 0 Å². The Kier molecular flexibility index (Phi) is 10.0. The highest BCUT2D eigenvalue weighted by Crippen LogP contribution is 2.31. The molecule has 1 aromatic rings. The van der Waals surface area contributed by atoms with E-state index in [2.05, 4.69) is 88.6 Å². The maximum absolute atomic E-state index is 13.6. The topological polar surface area (TPSA) is 34.1 Å². The van der Waals surface area contributed by atoms with Crippen LogP contribution in [-0.4, -0.2) is 11.6 Å². The molecule has 0 bridgehead atoms. The molecule has 2 heteroatoms. The van der Waals surface area contributed by atoms with E-state index >= 15 is 0 Å². The predicted molar refractivity (Wildman–Crippen MR) is 173 cm³/mol. The molecule has 3 aliphatic carbocycles. The summed E-state index contributed by atoms with van der Waals surface area (Å²) in [7, 11) is 0. The minimum absolute atomic E-state index is 0.141. The quantitative estimate of drug-likeness (QED) is 0.219. The third-order valence-corrected chi connectivity index (χ3v) is 7.97. The van der Waals surface area contributed by atoms with Crippen LogP contribution < -0.4 is 0 Å². The van der Waals surface area contributed by atoms with Crippen molar-refractivity contribution < 1.29 is 9.59 Å². The summed E-state index contributed by atoms with van der Waals surface area (Å²) in [5.74, 6) is -0.809. The summed E-state index contributed by atoms with van der Waals surface area (Å²) in [6.07, 6.45) is 30.1. The second kappa shape index (κ2) is 13.9. The van der Waals surface area contributed by atoms with Crippen LogP contribution in [0.15, 0.2) is 149 Å². The highest BCUT2D eigenvalue weighted by molar-refractivity contribution is 6.28. The zero-order chi connectivity index (χ0) is 29.4. The van der Waals surface area contributed by atoms with Crippen molar-refractivity contribution in [2.75, 3.05) is 0 Å². The molecular formula is C39H40O2. The molecule has 41 heavy (non-hydrogen) atoms. The molecule has 0 N–H and O–H groups in total. The third-order valence-electron chi connectivity index (χ3n) is 7.97. The fourth-order valence-corrected chi connectivity index (χ4v) is 5.57. The van der Waals surface area contributed by atoms with Crippen LogP contribution in [0.4, 0.5) is 0 Å². The van der Waals surface area contributed by atoms with Crippen LogP contribution in [0.3, 0.4) is 0 Å². The number of aryl methyl sites for hydroxylation is 2. The molecule has 4 rings (SSSR count). The minimum Gasteiger partial charge on any atom is -0.293 e. The smallest absolute Gasteiger partial charge is 0.196 e. The normalized spacial score (nSPS) is 18.9. The molecule has 0 heterocycles. The van der Waals surface area contributed by atoms with Crippen LogP contribution >= 0.6 is 0 Å². The van der Waals surface area contributed by atoms with E-state index in [1.807, 2.05) is 36.5 Å². The first-order valence-corrected chi connectivity index (χ1v) is 14.5. The van der Waals surface area contributed by atoms with Gasteiger partial charge in [0.1, 0.15) is 0 Å². The van der Waals surface area contributed by atoms with E-state index < -0.39 is 0 Å². The molecule has 0 radical (unpaired) electrons. The van der Waals surface area contributed by atoms with Gasteiger partial charge >= 0.3 is 0 Å². The highest BCUT2D eigenvalue weighted by Gasteiger charge is 2.29. The molecule has 208 valence electrons. The molecule has 2 nitrogen and oxygen atoms in total. The van der Waals surface area contributed by atoms with Crippen molar-refractivity contribution >= 4 is 11.6 Å². The number of ketones is 2. The Hall–Kier alpha value is -4.30. The van der Waals surface area contributed by atoms with Gasteiger partial charge in [-0.2, -0.15) is 0 Å². The monoisotopic (exact) mass is 540 g/mol. The molecule has 0 amide bonds. The Morgan fingerprint density at radius 2 is 1.85 bits per heavy atom. The number of hydrogen-bond donors (Lipinski definition) is 0. The first-order chi connectivity index (χ1) is 19.9. The minimum atomic E-state index is -0.362. The van der Waals surface area contributed by atoms with E-state index in [0.29, 0.717) is 12.0 Å². The largest absolute Gasteiger partial charge is 0.293 e. The van der Waals surface area contributed by atoms with Crippen LogP contribution in [0.1, 0.15) is 49.8 Å². The van der Waals surface area contributed by atoms with Gasteiger partial charge in [-0.05, 0) is 96.6 Å². The molecule has 0 fully saturated rings. The molecule has 0 aliphatic heterocycles. The molecule has 3 aliphatic rings. The van der Waals surface area contributed by atoms with E-state index in [4.69, 9.17) is 0 Å². The number of carbonyl (C=O) groups is 2. The van der Waals surface area contributed by atoms with Crippen molar-refractivity contribution in [3.05, 3.63) is 166 Å². The van der Waals surface area contributed by atoms with Crippen LogP contribution in [0.2, 0.25) is 0 Å². The maximum Gasteiger partial charge on any atom is 0.196 e. The van der Waals surface area contributed by atoms with Crippen LogP contribution in [0, 0.1) is 12.8 Å². The van der Waals surface area contributed by atoms with Crippen molar-refractivity contribution in [2.24, 2.45) is 5.92 Å². The summed E-state index contributed by atoms with van der Waals surface area (Å²) in [5, 5.41) is 0. The van der Waals surface area contributed by atoms with E-state index in [9.17, 15) is 9.59 Å². The molecule has 1 aromatic carbocycles. The number of rotatable bonds is 10. The van der Waals surface area contributed by atoms with Gasteiger partial charge in [0.05, 0.1) is 5.57 Å². The Morgan fingerprint density at radius 3 is 2.59 bits per heavy atom. The zero-order valence-corrected chi connectivity index (χ0v) is 24.6. The first-order valence-electron chi connectivity index (χ1n) is 14.5. The van der Waals surface area contributed by atoms with Gasteiger partial charge in [0, 0.05) is 11.5 Å². The molecular weight excluding hydrogens is 500 g/mol. The van der Waals surface area contributed by atoms with Gasteiger partial charge in [-0.25, -0.2) is 0 Å². The van der Waals surface area contributed by atoms with Gasteiger partial charge in [0.25, 0.3) is 0 Å². The number of benzene rings is 1. The Bertz CT molecular complexity index is 1540. The molecule has 0 saturated heterocycles. The second-order valence-corrected chi connectivity index (χ2v) is 10.7. The van der Waals surface area contributed by atoms with Gasteiger partial charge in [0.2, 0.25) is 0 Å². The van der Waals surface area contributed by atoms with E-state index in [1.54, 1.807) is 6.08 Å². The molecule has 0 spiro atoms. The summed E-state index contributed by atoms with van der Waals surface area (Å²) in [5.41, 5.74) is 9.54. The van der Waals surface area contributed by atoms with Crippen LogP contribution in [0.25, 0.3) is 0 Å². The van der Waals surface area contributed by atoms with Gasteiger partial charge in [0.15, 0.2) is 11.6 Å². The molecule has 1 unspecified atom stereocenters. The lowest BCUT2D eigenvalue weighted by Gasteiger charge is -2.19. The zero-order valence-electron chi connectivity index (χ0n) is 24.6. The average Bonchev–Trinajstić information content (AvgIpc) is 3.37. The second-order valence-electron chi connectivity index (χ2n) is 10.7. The number of Topliss-reactive ketones (excluding diaryl/α,β-unsaturated/α-hetero) is 2. The van der Waals surface area contributed by atoms with Gasteiger partial charge < -0.3 is 0 Å². The lowest BCUT2D eigenvalue weighted by Crippen LogP contribution is -2.25. The summed E-state index contributed by atoms with van der Waals surface area (Å²) >= 11 is 0. The van der Waals surface area contributed by atoms with Gasteiger partial charge in [-0.15, -0.1) is 0 Å². The fourth-order valence-electron chi connectivity index (χ4n) is 5.57. The van der Waals surface area contributed by atoms with Gasteiger partial charge in [-0.1, -0.05) is 111 Å². The number of hydrogen-bond acceptors (Lipinski definition) is 2. The number of carbonyl (C=O) groups excluding carboxylic acids is 2. The standard InChI is InChI=1S/C39H40O2/c1-6-31-22-21-30(23-27(31)4)26-35-18-14-20-37(39(35)41)38(40)28(5)34-17-13-12-15-29(25-34)24-33(8-3)36-19-11-9-10-16-32(36)7-2/h7-9,11,13-23,25,35H,2,5-6,10,12,24,26H2,1,3-4H3/b33-8-. The lowest BCUT2D eigenvalue weighted by atomic mass is 9.83. The predicted octanol–water partition coefficient (Wildman–Crippen LogP) is 9.05. The van der Waals surface area contributed by atoms with E-state index in [-0.39, 0.29) is 23.1 Å².